The van der Waals surface area contributed by atoms with Crippen molar-refractivity contribution in [3.8, 4) is 22.3 Å². The Morgan fingerprint density at radius 1 is 0.435 bits per heavy atom. The minimum atomic E-state index is 0.817. The summed E-state index contributed by atoms with van der Waals surface area (Å²) in [6.45, 7) is 6.17. The fourth-order valence-electron chi connectivity index (χ4n) is 9.88. The number of anilines is 3. The molecule has 0 amide bonds. The molecule has 12 aromatic rings. The van der Waals surface area contributed by atoms with E-state index in [0.29, 0.717) is 0 Å². The van der Waals surface area contributed by atoms with E-state index in [1.165, 1.54) is 0 Å². The Balaban J connectivity index is 1.33. The van der Waals surface area contributed by atoms with Gasteiger partial charge in [0.05, 0.1) is 5.69 Å². The first-order chi connectivity index (χ1) is 30.7. The lowest BCUT2D eigenvalue weighted by atomic mass is 9.86. The van der Waals surface area contributed by atoms with E-state index in [2.05, 4.69) is 213 Å². The van der Waals surface area contributed by atoms with Crippen LogP contribution in [0.15, 0.2) is 216 Å². The molecular formula is C59H39NO2. The third-order valence-corrected chi connectivity index (χ3v) is 12.6. The van der Waals surface area contributed by atoms with Gasteiger partial charge in [-0.05, 0) is 99.4 Å². The van der Waals surface area contributed by atoms with E-state index in [-0.39, 0.29) is 0 Å². The quantitative estimate of drug-likeness (QED) is 0.0914. The van der Waals surface area contributed by atoms with Crippen LogP contribution in [0.1, 0.15) is 11.1 Å². The maximum absolute atomic E-state index is 7.58. The highest BCUT2D eigenvalue weighted by molar-refractivity contribution is 6.41. The zero-order valence-corrected chi connectivity index (χ0v) is 34.1. The number of hydrogen-bond acceptors (Lipinski definition) is 3. The molecule has 2 aromatic heterocycles. The predicted molar refractivity (Wildman–Crippen MR) is 263 cm³/mol. The maximum Gasteiger partial charge on any atom is 0.159 e. The first kappa shape index (κ1) is 35.8. The number of benzene rings is 10. The zero-order valence-electron chi connectivity index (χ0n) is 34.1. The molecule has 2 heterocycles. The summed E-state index contributed by atoms with van der Waals surface area (Å²) in [7, 11) is 0. The average Bonchev–Trinajstić information content (AvgIpc) is 3.33. The van der Waals surface area contributed by atoms with Crippen molar-refractivity contribution in [2.75, 3.05) is 4.90 Å². The van der Waals surface area contributed by atoms with Crippen molar-refractivity contribution in [1.82, 2.24) is 0 Å². The normalized spacial score (nSPS) is 12.0. The highest BCUT2D eigenvalue weighted by Gasteiger charge is 2.27. The first-order valence-electron chi connectivity index (χ1n) is 21.1. The highest BCUT2D eigenvalue weighted by atomic mass is 16.3. The second-order valence-electron chi connectivity index (χ2n) is 16.0. The molecule has 0 radical (unpaired) electrons. The van der Waals surface area contributed by atoms with Gasteiger partial charge in [0.15, 0.2) is 5.58 Å². The Kier molecular flexibility index (Phi) is 8.23. The number of nitrogens with zero attached hydrogens (tertiary/aromatic N) is 1. The standard InChI is InChI=1S/C59H39NO2/c1-3-4-28-42-37(2)57-49(35-47(42)38-20-9-5-10-21-38)53-46-33-34-51(60(40-24-13-7-14-25-40)41-26-15-8-16-27-41)59-56(46)54(45-31-19-32-52(61-57)55(45)53)50-36-48(39-22-11-6-12-23-39)43-29-17-18-30-44(43)58(50)62-59/h3-36H,1H2,2H3/b28-4-. The number of rotatable bonds is 7. The van der Waals surface area contributed by atoms with E-state index in [1.54, 1.807) is 0 Å². The number of hydrogen-bond donors (Lipinski definition) is 0. The molecule has 0 aliphatic rings. The Morgan fingerprint density at radius 2 is 0.984 bits per heavy atom. The van der Waals surface area contributed by atoms with Crippen molar-refractivity contribution in [3.63, 3.8) is 0 Å². The number of fused-ring (bicyclic) bond motifs is 8. The molecule has 292 valence electrons. The van der Waals surface area contributed by atoms with Crippen molar-refractivity contribution in [1.29, 1.82) is 0 Å². The smallest absolute Gasteiger partial charge is 0.159 e. The summed E-state index contributed by atoms with van der Waals surface area (Å²) in [6.07, 6.45) is 5.98. The van der Waals surface area contributed by atoms with Crippen LogP contribution >= 0.6 is 0 Å². The molecule has 0 aliphatic heterocycles. The SMILES string of the molecule is C=C/C=C\c1c(-c2ccccc2)cc2c(oc3cccc4c3c2c2ccc(N(c3ccccc3)c3ccccc3)c3oc5c6ccccc6c(-c6ccccc6)cc5c4c32)c1C. The molecule has 0 saturated heterocycles. The summed E-state index contributed by atoms with van der Waals surface area (Å²) in [5, 5.41) is 11.0. The molecule has 0 spiro atoms. The van der Waals surface area contributed by atoms with Crippen molar-refractivity contribution in [2.45, 2.75) is 6.92 Å². The number of para-hydroxylation sites is 2. The van der Waals surface area contributed by atoms with Gasteiger partial charge in [0, 0.05) is 54.6 Å². The van der Waals surface area contributed by atoms with Crippen LogP contribution in [0.25, 0.3) is 105 Å². The molecule has 0 unspecified atom stereocenters. The van der Waals surface area contributed by atoms with Crippen LogP contribution in [0.3, 0.4) is 0 Å². The summed E-state index contributed by atoms with van der Waals surface area (Å²) >= 11 is 0. The van der Waals surface area contributed by atoms with Crippen LogP contribution in [-0.4, -0.2) is 0 Å². The van der Waals surface area contributed by atoms with Crippen molar-refractivity contribution in [3.05, 3.63) is 218 Å². The van der Waals surface area contributed by atoms with Crippen LogP contribution in [0.4, 0.5) is 17.1 Å². The fourth-order valence-corrected chi connectivity index (χ4v) is 9.88. The lowest BCUT2D eigenvalue weighted by molar-refractivity contribution is 0.658. The van der Waals surface area contributed by atoms with Gasteiger partial charge in [-0.1, -0.05) is 164 Å². The molecule has 0 aliphatic carbocycles. The van der Waals surface area contributed by atoms with E-state index in [1.807, 2.05) is 12.2 Å². The Hall–Kier alpha value is -8.14. The van der Waals surface area contributed by atoms with Gasteiger partial charge in [-0.3, -0.25) is 0 Å². The molecule has 12 rings (SSSR count). The molecule has 62 heavy (non-hydrogen) atoms. The number of aryl methyl sites for hydroxylation is 1. The van der Waals surface area contributed by atoms with Gasteiger partial charge in [-0.15, -0.1) is 0 Å². The van der Waals surface area contributed by atoms with Crippen LogP contribution in [0.5, 0.6) is 0 Å². The van der Waals surface area contributed by atoms with Crippen molar-refractivity contribution >= 4 is 99.3 Å². The largest absolute Gasteiger partial charge is 0.456 e. The van der Waals surface area contributed by atoms with Gasteiger partial charge in [0.25, 0.3) is 0 Å². The monoisotopic (exact) mass is 793 g/mol. The van der Waals surface area contributed by atoms with Crippen molar-refractivity contribution < 1.29 is 8.83 Å². The lowest BCUT2D eigenvalue weighted by Gasteiger charge is -2.27. The minimum absolute atomic E-state index is 0.817. The molecule has 0 N–H and O–H groups in total. The molecule has 0 bridgehead atoms. The Bertz CT molecular complexity index is 3710. The van der Waals surface area contributed by atoms with E-state index in [0.717, 1.165) is 127 Å². The van der Waals surface area contributed by atoms with Crippen molar-refractivity contribution in [2.24, 2.45) is 0 Å². The summed E-state index contributed by atoms with van der Waals surface area (Å²) in [5.41, 5.74) is 13.2. The van der Waals surface area contributed by atoms with Crippen LogP contribution in [0, 0.1) is 6.92 Å². The molecule has 0 saturated carbocycles. The number of allylic oxidation sites excluding steroid dienone is 2. The second kappa shape index (κ2) is 14.3. The van der Waals surface area contributed by atoms with Crippen LogP contribution in [-0.2, 0) is 0 Å². The molecule has 0 fully saturated rings. The topological polar surface area (TPSA) is 29.5 Å². The Morgan fingerprint density at radius 3 is 1.66 bits per heavy atom. The minimum Gasteiger partial charge on any atom is -0.456 e. The van der Waals surface area contributed by atoms with E-state index in [9.17, 15) is 0 Å². The van der Waals surface area contributed by atoms with Gasteiger partial charge in [0.1, 0.15) is 16.7 Å². The van der Waals surface area contributed by atoms with E-state index in [4.69, 9.17) is 8.83 Å². The third kappa shape index (κ3) is 5.38. The molecule has 0 atom stereocenters. The molecular weight excluding hydrogens is 755 g/mol. The molecule has 3 nitrogen and oxygen atoms in total. The third-order valence-electron chi connectivity index (χ3n) is 12.6. The summed E-state index contributed by atoms with van der Waals surface area (Å²) < 4.78 is 14.7. The van der Waals surface area contributed by atoms with Gasteiger partial charge < -0.3 is 13.7 Å². The van der Waals surface area contributed by atoms with E-state index >= 15 is 0 Å². The first-order valence-corrected chi connectivity index (χ1v) is 21.1. The summed E-state index contributed by atoms with van der Waals surface area (Å²) in [5.74, 6) is 0. The highest BCUT2D eigenvalue weighted by Crippen LogP contribution is 2.52. The van der Waals surface area contributed by atoms with Gasteiger partial charge in [-0.25, -0.2) is 0 Å². The fraction of sp³-hybridized carbons (Fsp3) is 0.0169. The maximum atomic E-state index is 7.58. The van der Waals surface area contributed by atoms with E-state index < -0.39 is 0 Å². The van der Waals surface area contributed by atoms with Gasteiger partial charge in [-0.2, -0.15) is 0 Å². The zero-order chi connectivity index (χ0) is 41.3. The van der Waals surface area contributed by atoms with Gasteiger partial charge >= 0.3 is 0 Å². The predicted octanol–water partition coefficient (Wildman–Crippen LogP) is 17.3. The Labute approximate surface area is 358 Å². The van der Waals surface area contributed by atoms with Crippen LogP contribution < -0.4 is 4.90 Å². The molecule has 10 aromatic carbocycles. The molecule has 3 heteroatoms. The summed E-state index contributed by atoms with van der Waals surface area (Å²) in [4.78, 5) is 2.32. The van der Waals surface area contributed by atoms with Crippen LogP contribution in [0.2, 0.25) is 0 Å². The average molecular weight is 794 g/mol. The summed E-state index contributed by atoms with van der Waals surface area (Å²) in [6, 6.07) is 67.0. The van der Waals surface area contributed by atoms with Gasteiger partial charge in [0.2, 0.25) is 0 Å². The lowest BCUT2D eigenvalue weighted by Crippen LogP contribution is -2.10. The second-order valence-corrected chi connectivity index (χ2v) is 16.0.